The van der Waals surface area contributed by atoms with Gasteiger partial charge in [0.25, 0.3) is 0 Å². The Kier molecular flexibility index (Phi) is 2.47. The maximum atomic E-state index is 13.2. The van der Waals surface area contributed by atoms with Crippen molar-refractivity contribution in [2.75, 3.05) is 0 Å². The molecule has 2 aromatic rings. The van der Waals surface area contributed by atoms with Crippen molar-refractivity contribution in [3.8, 4) is 0 Å². The van der Waals surface area contributed by atoms with Crippen molar-refractivity contribution in [3.63, 3.8) is 0 Å². The smallest absolute Gasteiger partial charge is 0.146 e. The van der Waals surface area contributed by atoms with Gasteiger partial charge in [-0.2, -0.15) is 8.75 Å². The monoisotopic (exact) mass is 210 g/mol. The molecule has 1 unspecified atom stereocenters. The zero-order valence-electron chi connectivity index (χ0n) is 7.09. The predicted molar refractivity (Wildman–Crippen MR) is 50.1 cm³/mol. The molecule has 2 aromatic heterocycles. The number of rotatable bonds is 2. The quantitative estimate of drug-likeness (QED) is 0.806. The van der Waals surface area contributed by atoms with E-state index in [4.69, 9.17) is 5.73 Å². The normalized spacial score (nSPS) is 12.7. The lowest BCUT2D eigenvalue weighted by atomic mass is 10.1. The van der Waals surface area contributed by atoms with E-state index >= 15 is 0 Å². The van der Waals surface area contributed by atoms with Crippen LogP contribution < -0.4 is 5.73 Å². The fourth-order valence-electron chi connectivity index (χ4n) is 1.11. The van der Waals surface area contributed by atoms with Gasteiger partial charge in [0.05, 0.1) is 35.9 Å². The van der Waals surface area contributed by atoms with Crippen LogP contribution in [0.5, 0.6) is 0 Å². The van der Waals surface area contributed by atoms with Crippen LogP contribution in [0.25, 0.3) is 0 Å². The van der Waals surface area contributed by atoms with E-state index in [-0.39, 0.29) is 0 Å². The number of halogens is 1. The van der Waals surface area contributed by atoms with Crippen LogP contribution in [-0.2, 0) is 0 Å². The van der Waals surface area contributed by atoms with Crippen molar-refractivity contribution in [1.82, 2.24) is 13.7 Å². The SMILES string of the molecule is NC(c1cnsn1)c1ccncc1F. The maximum Gasteiger partial charge on any atom is 0.146 e. The molecule has 0 aromatic carbocycles. The Labute approximate surface area is 83.9 Å². The Morgan fingerprint density at radius 1 is 1.43 bits per heavy atom. The van der Waals surface area contributed by atoms with Crippen LogP contribution in [0.2, 0.25) is 0 Å². The summed E-state index contributed by atoms with van der Waals surface area (Å²) in [6.07, 6.45) is 4.17. The number of hydrogen-bond donors (Lipinski definition) is 1. The Morgan fingerprint density at radius 2 is 2.29 bits per heavy atom. The topological polar surface area (TPSA) is 64.7 Å². The van der Waals surface area contributed by atoms with E-state index in [1.54, 1.807) is 6.07 Å². The second kappa shape index (κ2) is 3.77. The van der Waals surface area contributed by atoms with Crippen LogP contribution in [0, 0.1) is 5.82 Å². The van der Waals surface area contributed by atoms with E-state index in [1.165, 1.54) is 12.4 Å². The first-order chi connectivity index (χ1) is 6.79. The van der Waals surface area contributed by atoms with Gasteiger partial charge in [-0.05, 0) is 6.07 Å². The molecule has 0 saturated carbocycles. The highest BCUT2D eigenvalue weighted by molar-refractivity contribution is 6.99. The molecule has 0 aliphatic carbocycles. The Balaban J connectivity index is 2.37. The van der Waals surface area contributed by atoms with Crippen LogP contribution in [-0.4, -0.2) is 13.7 Å². The molecule has 0 radical (unpaired) electrons. The van der Waals surface area contributed by atoms with E-state index in [0.29, 0.717) is 11.3 Å². The van der Waals surface area contributed by atoms with Crippen molar-refractivity contribution in [1.29, 1.82) is 0 Å². The molecule has 14 heavy (non-hydrogen) atoms. The average molecular weight is 210 g/mol. The van der Waals surface area contributed by atoms with E-state index in [1.807, 2.05) is 0 Å². The van der Waals surface area contributed by atoms with Gasteiger partial charge in [-0.25, -0.2) is 4.39 Å². The van der Waals surface area contributed by atoms with E-state index in [0.717, 1.165) is 17.9 Å². The third kappa shape index (κ3) is 1.61. The predicted octanol–water partition coefficient (Wildman–Crippen LogP) is 1.12. The van der Waals surface area contributed by atoms with Crippen molar-refractivity contribution < 1.29 is 4.39 Å². The molecule has 2 heterocycles. The molecule has 72 valence electrons. The summed E-state index contributed by atoms with van der Waals surface area (Å²) in [5.74, 6) is -0.423. The summed E-state index contributed by atoms with van der Waals surface area (Å²) in [4.78, 5) is 3.64. The molecule has 0 fully saturated rings. The lowest BCUT2D eigenvalue weighted by Crippen LogP contribution is -2.13. The number of aromatic nitrogens is 3. The van der Waals surface area contributed by atoms with E-state index in [9.17, 15) is 4.39 Å². The summed E-state index contributed by atoms with van der Waals surface area (Å²) in [5.41, 5.74) is 6.75. The number of hydrogen-bond acceptors (Lipinski definition) is 5. The summed E-state index contributed by atoms with van der Waals surface area (Å²) >= 11 is 1.05. The van der Waals surface area contributed by atoms with Crippen molar-refractivity contribution in [2.24, 2.45) is 5.73 Å². The molecule has 0 spiro atoms. The highest BCUT2D eigenvalue weighted by atomic mass is 32.1. The minimum Gasteiger partial charge on any atom is -0.319 e. The Morgan fingerprint density at radius 3 is 2.93 bits per heavy atom. The van der Waals surface area contributed by atoms with Crippen LogP contribution >= 0.6 is 11.7 Å². The second-order valence-corrected chi connectivity index (χ2v) is 3.26. The summed E-state index contributed by atoms with van der Waals surface area (Å²) < 4.78 is 21.0. The first kappa shape index (κ1) is 9.17. The third-order valence-electron chi connectivity index (χ3n) is 1.84. The standard InChI is InChI=1S/C8H7FN4S/c9-6-3-11-2-1-5(6)8(10)7-4-12-14-13-7/h1-4,8H,10H2. The summed E-state index contributed by atoms with van der Waals surface area (Å²) in [6, 6.07) is 0.969. The van der Waals surface area contributed by atoms with Gasteiger partial charge in [0, 0.05) is 11.8 Å². The molecule has 0 bridgehead atoms. The third-order valence-corrected chi connectivity index (χ3v) is 2.33. The van der Waals surface area contributed by atoms with Crippen molar-refractivity contribution >= 4 is 11.7 Å². The summed E-state index contributed by atoms with van der Waals surface area (Å²) in [7, 11) is 0. The summed E-state index contributed by atoms with van der Waals surface area (Å²) in [6.45, 7) is 0. The first-order valence-electron chi connectivity index (χ1n) is 3.91. The molecule has 0 aliphatic rings. The second-order valence-electron chi connectivity index (χ2n) is 2.71. The van der Waals surface area contributed by atoms with Gasteiger partial charge in [0.15, 0.2) is 0 Å². The Hall–Kier alpha value is -1.40. The number of nitrogens with two attached hydrogens (primary N) is 1. The molecule has 2 rings (SSSR count). The molecule has 0 saturated heterocycles. The molecular weight excluding hydrogens is 203 g/mol. The number of nitrogens with zero attached hydrogens (tertiary/aromatic N) is 3. The highest BCUT2D eigenvalue weighted by Crippen LogP contribution is 2.19. The van der Waals surface area contributed by atoms with E-state index < -0.39 is 11.9 Å². The molecule has 0 aliphatic heterocycles. The van der Waals surface area contributed by atoms with Gasteiger partial charge >= 0.3 is 0 Å². The van der Waals surface area contributed by atoms with Crippen LogP contribution in [0.1, 0.15) is 17.3 Å². The molecule has 1 atom stereocenters. The fraction of sp³-hybridized carbons (Fsp3) is 0.125. The van der Waals surface area contributed by atoms with Crippen molar-refractivity contribution in [2.45, 2.75) is 6.04 Å². The largest absolute Gasteiger partial charge is 0.319 e. The van der Waals surface area contributed by atoms with Crippen LogP contribution in [0.4, 0.5) is 4.39 Å². The first-order valence-corrected chi connectivity index (χ1v) is 4.64. The number of pyridine rings is 1. The van der Waals surface area contributed by atoms with Gasteiger partial charge in [0.1, 0.15) is 5.82 Å². The molecule has 0 amide bonds. The average Bonchev–Trinajstić information content (AvgIpc) is 2.70. The molecule has 4 nitrogen and oxygen atoms in total. The van der Waals surface area contributed by atoms with Gasteiger partial charge in [0.2, 0.25) is 0 Å². The minimum atomic E-state index is -0.572. The fourth-order valence-corrected chi connectivity index (χ4v) is 1.56. The van der Waals surface area contributed by atoms with E-state index in [2.05, 4.69) is 13.7 Å². The zero-order chi connectivity index (χ0) is 9.97. The Bertz CT molecular complexity index is 417. The zero-order valence-corrected chi connectivity index (χ0v) is 7.91. The molecular formula is C8H7FN4S. The van der Waals surface area contributed by atoms with Crippen LogP contribution in [0.3, 0.4) is 0 Å². The lowest BCUT2D eigenvalue weighted by Gasteiger charge is -2.08. The minimum absolute atomic E-state index is 0.382. The molecule has 6 heteroatoms. The summed E-state index contributed by atoms with van der Waals surface area (Å²) in [5, 5.41) is 0. The molecule has 2 N–H and O–H groups in total. The van der Waals surface area contributed by atoms with Gasteiger partial charge < -0.3 is 5.73 Å². The van der Waals surface area contributed by atoms with Gasteiger partial charge in [-0.15, -0.1) is 0 Å². The highest BCUT2D eigenvalue weighted by Gasteiger charge is 2.15. The van der Waals surface area contributed by atoms with Crippen LogP contribution in [0.15, 0.2) is 24.7 Å². The van der Waals surface area contributed by atoms with Crippen molar-refractivity contribution in [3.05, 3.63) is 41.7 Å². The maximum absolute atomic E-state index is 13.2. The van der Waals surface area contributed by atoms with Gasteiger partial charge in [-0.3, -0.25) is 4.98 Å². The lowest BCUT2D eigenvalue weighted by molar-refractivity contribution is 0.591. The van der Waals surface area contributed by atoms with Gasteiger partial charge in [-0.1, -0.05) is 0 Å².